The van der Waals surface area contributed by atoms with Crippen molar-refractivity contribution in [2.75, 3.05) is 7.11 Å². The highest BCUT2D eigenvalue weighted by atomic mass is 79.9. The zero-order chi connectivity index (χ0) is 14.3. The monoisotopic (exact) mass is 368 g/mol. The molecule has 0 amide bonds. The van der Waals surface area contributed by atoms with Gasteiger partial charge in [0.1, 0.15) is 5.75 Å². The van der Waals surface area contributed by atoms with E-state index in [4.69, 9.17) is 28.6 Å². The molecule has 0 aliphatic rings. The first-order valence-electron chi connectivity index (χ1n) is 5.84. The lowest BCUT2D eigenvalue weighted by molar-refractivity contribution is 0.413. The fourth-order valence-electron chi connectivity index (χ4n) is 2.16. The summed E-state index contributed by atoms with van der Waals surface area (Å²) in [5.41, 5.74) is 2.72. The van der Waals surface area contributed by atoms with Crippen LogP contribution in [0.5, 0.6) is 5.75 Å². The minimum Gasteiger partial charge on any atom is -0.495 e. The topological polar surface area (TPSA) is 29.9 Å². The number of hydrogen-bond donors (Lipinski definition) is 1. The Labute approximate surface area is 134 Å². The first-order chi connectivity index (χ1) is 9.60. The minimum absolute atomic E-state index is 0.596. The number of rotatable bonds is 2. The second-order valence-corrected chi connectivity index (χ2v) is 5.98. The number of nitrogens with zero attached hydrogens (tertiary/aromatic N) is 1. The van der Waals surface area contributed by atoms with Crippen molar-refractivity contribution in [3.05, 3.63) is 50.7 Å². The molecule has 0 saturated carbocycles. The number of nitrogens with one attached hydrogen (secondary N) is 1. The van der Waals surface area contributed by atoms with Gasteiger partial charge in [-0.15, -0.1) is 0 Å². The Bertz CT molecular complexity index is 856. The molecule has 0 atom stereocenters. The number of H-pyrrole nitrogens is 1. The second-order valence-electron chi connectivity index (χ2n) is 4.24. The standard InChI is InChI=1S/C14H10BrClN2OS/c1-19-13-5-2-8(15)6-12(13)18-11-4-3-9(16)7-10(11)17-14(18)20/h2-7H,1H3,(H,17,20). The number of fused-ring (bicyclic) bond motifs is 1. The van der Waals surface area contributed by atoms with Crippen LogP contribution in [0.1, 0.15) is 0 Å². The summed E-state index contributed by atoms with van der Waals surface area (Å²) in [5, 5.41) is 0.669. The first kappa shape index (κ1) is 13.7. The third kappa shape index (κ3) is 2.26. The predicted molar refractivity (Wildman–Crippen MR) is 87.7 cm³/mol. The summed E-state index contributed by atoms with van der Waals surface area (Å²) < 4.78 is 8.91. The van der Waals surface area contributed by atoms with Crippen LogP contribution in [-0.4, -0.2) is 16.7 Å². The summed E-state index contributed by atoms with van der Waals surface area (Å²) in [6.07, 6.45) is 0. The van der Waals surface area contributed by atoms with E-state index in [9.17, 15) is 0 Å². The number of halogens is 2. The van der Waals surface area contributed by atoms with E-state index < -0.39 is 0 Å². The van der Waals surface area contributed by atoms with Gasteiger partial charge in [0.25, 0.3) is 0 Å². The van der Waals surface area contributed by atoms with Crippen molar-refractivity contribution in [1.82, 2.24) is 9.55 Å². The Balaban J connectivity index is 2.37. The fraction of sp³-hybridized carbons (Fsp3) is 0.0714. The maximum absolute atomic E-state index is 6.01. The lowest BCUT2D eigenvalue weighted by atomic mass is 10.2. The molecule has 1 heterocycles. The summed E-state index contributed by atoms with van der Waals surface area (Å²) in [6.45, 7) is 0. The molecule has 1 aromatic heterocycles. The summed E-state index contributed by atoms with van der Waals surface area (Å²) in [6, 6.07) is 11.4. The van der Waals surface area contributed by atoms with Crippen molar-refractivity contribution in [3.8, 4) is 11.4 Å². The van der Waals surface area contributed by atoms with Gasteiger partial charge in [0.15, 0.2) is 4.77 Å². The van der Waals surface area contributed by atoms with Crippen LogP contribution in [0.2, 0.25) is 5.02 Å². The zero-order valence-electron chi connectivity index (χ0n) is 10.5. The molecule has 0 radical (unpaired) electrons. The Hall–Kier alpha value is -1.30. The molecule has 0 unspecified atom stereocenters. The highest BCUT2D eigenvalue weighted by molar-refractivity contribution is 9.10. The molecule has 6 heteroatoms. The van der Waals surface area contributed by atoms with E-state index >= 15 is 0 Å². The largest absolute Gasteiger partial charge is 0.495 e. The van der Waals surface area contributed by atoms with Crippen LogP contribution in [0, 0.1) is 4.77 Å². The molecule has 0 fully saturated rings. The van der Waals surface area contributed by atoms with Crippen molar-refractivity contribution in [3.63, 3.8) is 0 Å². The Morgan fingerprint density at radius 1 is 1.25 bits per heavy atom. The molecule has 0 aliphatic heterocycles. The number of methoxy groups -OCH3 is 1. The average Bonchev–Trinajstić information content (AvgIpc) is 2.73. The van der Waals surface area contributed by atoms with E-state index in [1.807, 2.05) is 41.0 Å². The summed E-state index contributed by atoms with van der Waals surface area (Å²) in [4.78, 5) is 3.16. The number of aromatic nitrogens is 2. The van der Waals surface area contributed by atoms with Crippen LogP contribution >= 0.6 is 39.7 Å². The van der Waals surface area contributed by atoms with Crippen LogP contribution in [0.15, 0.2) is 40.9 Å². The first-order valence-corrected chi connectivity index (χ1v) is 7.42. The molecule has 0 aliphatic carbocycles. The van der Waals surface area contributed by atoms with Crippen molar-refractivity contribution in [2.45, 2.75) is 0 Å². The Morgan fingerprint density at radius 3 is 2.80 bits per heavy atom. The van der Waals surface area contributed by atoms with E-state index in [0.29, 0.717) is 9.79 Å². The highest BCUT2D eigenvalue weighted by Crippen LogP contribution is 2.30. The van der Waals surface area contributed by atoms with Crippen LogP contribution < -0.4 is 4.74 Å². The summed E-state index contributed by atoms with van der Waals surface area (Å²) in [5.74, 6) is 0.750. The summed E-state index contributed by atoms with van der Waals surface area (Å²) >= 11 is 14.9. The van der Waals surface area contributed by atoms with Gasteiger partial charge >= 0.3 is 0 Å². The van der Waals surface area contributed by atoms with Gasteiger partial charge in [-0.05, 0) is 48.6 Å². The quantitative estimate of drug-likeness (QED) is 0.636. The summed E-state index contributed by atoms with van der Waals surface area (Å²) in [7, 11) is 1.64. The van der Waals surface area contributed by atoms with Gasteiger partial charge < -0.3 is 9.72 Å². The molecule has 3 rings (SSSR count). The smallest absolute Gasteiger partial charge is 0.182 e. The number of aromatic amines is 1. The molecule has 3 aromatic rings. The number of hydrogen-bond acceptors (Lipinski definition) is 2. The molecule has 20 heavy (non-hydrogen) atoms. The van der Waals surface area contributed by atoms with E-state index in [0.717, 1.165) is 26.9 Å². The predicted octanol–water partition coefficient (Wildman–Crippen LogP) is 5.11. The average molecular weight is 370 g/mol. The molecule has 1 N–H and O–H groups in total. The van der Waals surface area contributed by atoms with E-state index in [-0.39, 0.29) is 0 Å². The third-order valence-corrected chi connectivity index (χ3v) is 4.04. The lowest BCUT2D eigenvalue weighted by Crippen LogP contribution is -1.98. The normalized spacial score (nSPS) is 10.9. The molecule has 102 valence electrons. The van der Waals surface area contributed by atoms with Gasteiger partial charge in [0.2, 0.25) is 0 Å². The molecule has 3 nitrogen and oxygen atoms in total. The fourth-order valence-corrected chi connectivity index (χ4v) is 2.99. The SMILES string of the molecule is COc1ccc(Br)cc1-n1c(=S)[nH]c2cc(Cl)ccc21. The van der Waals surface area contributed by atoms with Gasteiger partial charge in [-0.1, -0.05) is 27.5 Å². The van der Waals surface area contributed by atoms with E-state index in [2.05, 4.69) is 20.9 Å². The van der Waals surface area contributed by atoms with Gasteiger partial charge in [0, 0.05) is 9.50 Å². The maximum atomic E-state index is 6.01. The van der Waals surface area contributed by atoms with Gasteiger partial charge in [0.05, 0.1) is 23.8 Å². The highest BCUT2D eigenvalue weighted by Gasteiger charge is 2.12. The van der Waals surface area contributed by atoms with Gasteiger partial charge in [-0.25, -0.2) is 0 Å². The maximum Gasteiger partial charge on any atom is 0.182 e. The third-order valence-electron chi connectivity index (χ3n) is 3.03. The molecular weight excluding hydrogens is 360 g/mol. The number of ether oxygens (including phenoxy) is 1. The van der Waals surface area contributed by atoms with Gasteiger partial charge in [-0.2, -0.15) is 0 Å². The molecule has 0 spiro atoms. The number of imidazole rings is 1. The van der Waals surface area contributed by atoms with Crippen molar-refractivity contribution in [1.29, 1.82) is 0 Å². The molecule has 0 saturated heterocycles. The van der Waals surface area contributed by atoms with Crippen LogP contribution in [0.3, 0.4) is 0 Å². The van der Waals surface area contributed by atoms with Crippen LogP contribution in [0.25, 0.3) is 16.7 Å². The van der Waals surface area contributed by atoms with Crippen molar-refractivity contribution in [2.24, 2.45) is 0 Å². The Morgan fingerprint density at radius 2 is 2.05 bits per heavy atom. The molecule has 2 aromatic carbocycles. The van der Waals surface area contributed by atoms with E-state index in [1.54, 1.807) is 7.11 Å². The second kappa shape index (κ2) is 5.24. The molecular formula is C14H10BrClN2OS. The minimum atomic E-state index is 0.596. The molecule has 0 bridgehead atoms. The zero-order valence-corrected chi connectivity index (χ0v) is 13.6. The van der Waals surface area contributed by atoms with Crippen LogP contribution in [0.4, 0.5) is 0 Å². The Kier molecular flexibility index (Phi) is 3.58. The lowest BCUT2D eigenvalue weighted by Gasteiger charge is -2.11. The van der Waals surface area contributed by atoms with Crippen molar-refractivity contribution >= 4 is 50.8 Å². The number of benzene rings is 2. The van der Waals surface area contributed by atoms with Gasteiger partial charge in [-0.3, -0.25) is 4.57 Å². The van der Waals surface area contributed by atoms with E-state index in [1.165, 1.54) is 0 Å². The van der Waals surface area contributed by atoms with Crippen molar-refractivity contribution < 1.29 is 4.74 Å². The van der Waals surface area contributed by atoms with Crippen LogP contribution in [-0.2, 0) is 0 Å².